The maximum Gasteiger partial charge on any atom is 0.340 e. The number of carbonyl (C=O) groups excluding carboxylic acids is 1. The van der Waals surface area contributed by atoms with Crippen molar-refractivity contribution in [2.75, 3.05) is 52.0 Å². The van der Waals surface area contributed by atoms with Gasteiger partial charge in [0.05, 0.1) is 18.4 Å². The summed E-state index contributed by atoms with van der Waals surface area (Å²) in [6, 6.07) is 5.31. The van der Waals surface area contributed by atoms with Crippen LogP contribution >= 0.6 is 0 Å². The van der Waals surface area contributed by atoms with Gasteiger partial charge >= 0.3 is 5.97 Å². The third-order valence-electron chi connectivity index (χ3n) is 2.94. The first-order valence-corrected chi connectivity index (χ1v) is 6.29. The highest BCUT2D eigenvalue weighted by Gasteiger charge is 2.15. The predicted molar refractivity (Wildman–Crippen MR) is 78.6 cm³/mol. The summed E-state index contributed by atoms with van der Waals surface area (Å²) in [6.45, 7) is 1.87. The number of nitrogen functional groups attached to an aromatic ring is 1. The molecule has 1 rings (SSSR count). The third-order valence-corrected chi connectivity index (χ3v) is 2.94. The molecular formula is C14H23N3O2. The Morgan fingerprint density at radius 3 is 2.53 bits per heavy atom. The monoisotopic (exact) mass is 265 g/mol. The molecule has 0 unspecified atom stereocenters. The number of nitrogens with zero attached hydrogens (tertiary/aromatic N) is 2. The molecule has 5 nitrogen and oxygen atoms in total. The SMILES string of the molecule is COC(=O)c1cc(N)ccc1N(C)CCCN(C)C. The largest absolute Gasteiger partial charge is 0.465 e. The fourth-order valence-electron chi connectivity index (χ4n) is 1.90. The maximum absolute atomic E-state index is 11.8. The number of anilines is 2. The molecule has 0 aliphatic heterocycles. The van der Waals surface area contributed by atoms with Crippen LogP contribution in [0.4, 0.5) is 11.4 Å². The molecule has 0 heterocycles. The molecular weight excluding hydrogens is 242 g/mol. The lowest BCUT2D eigenvalue weighted by molar-refractivity contribution is 0.0601. The van der Waals surface area contributed by atoms with E-state index >= 15 is 0 Å². The lowest BCUT2D eigenvalue weighted by Crippen LogP contribution is -2.25. The number of hydrogen-bond acceptors (Lipinski definition) is 5. The molecule has 1 aromatic carbocycles. The van der Waals surface area contributed by atoms with E-state index in [4.69, 9.17) is 10.5 Å². The van der Waals surface area contributed by atoms with Crippen LogP contribution in [0.2, 0.25) is 0 Å². The van der Waals surface area contributed by atoms with Crippen molar-refractivity contribution in [2.45, 2.75) is 6.42 Å². The van der Waals surface area contributed by atoms with Gasteiger partial charge in [0, 0.05) is 19.3 Å². The number of rotatable bonds is 6. The van der Waals surface area contributed by atoms with Crippen LogP contribution in [0.3, 0.4) is 0 Å². The molecule has 0 saturated carbocycles. The molecule has 0 aliphatic carbocycles. The van der Waals surface area contributed by atoms with Gasteiger partial charge in [0.15, 0.2) is 0 Å². The Kier molecular flexibility index (Phi) is 5.63. The third kappa shape index (κ3) is 4.44. The molecule has 106 valence electrons. The minimum absolute atomic E-state index is 0.359. The molecule has 2 N–H and O–H groups in total. The molecule has 0 atom stereocenters. The van der Waals surface area contributed by atoms with Gasteiger partial charge in [-0.2, -0.15) is 0 Å². The molecule has 19 heavy (non-hydrogen) atoms. The van der Waals surface area contributed by atoms with E-state index in [0.29, 0.717) is 11.3 Å². The summed E-state index contributed by atoms with van der Waals surface area (Å²) >= 11 is 0. The van der Waals surface area contributed by atoms with Crippen LogP contribution in [-0.2, 0) is 4.74 Å². The first-order chi connectivity index (χ1) is 8.95. The van der Waals surface area contributed by atoms with Crippen molar-refractivity contribution in [3.8, 4) is 0 Å². The van der Waals surface area contributed by atoms with Crippen molar-refractivity contribution in [1.29, 1.82) is 0 Å². The summed E-state index contributed by atoms with van der Waals surface area (Å²) in [5, 5.41) is 0. The van der Waals surface area contributed by atoms with Crippen LogP contribution in [-0.4, -0.2) is 52.2 Å². The number of methoxy groups -OCH3 is 1. The summed E-state index contributed by atoms with van der Waals surface area (Å²) in [5.74, 6) is -0.359. The Morgan fingerprint density at radius 2 is 1.95 bits per heavy atom. The van der Waals surface area contributed by atoms with Crippen molar-refractivity contribution in [1.82, 2.24) is 4.90 Å². The summed E-state index contributed by atoms with van der Waals surface area (Å²) in [6.07, 6.45) is 1.02. The standard InChI is InChI=1S/C14H23N3O2/c1-16(2)8-5-9-17(3)13-7-6-11(15)10-12(13)14(18)19-4/h6-7,10H,5,8-9,15H2,1-4H3. The summed E-state index contributed by atoms with van der Waals surface area (Å²) in [7, 11) is 7.43. The van der Waals surface area contributed by atoms with Crippen LogP contribution in [0, 0.1) is 0 Å². The number of hydrogen-bond donors (Lipinski definition) is 1. The Bertz CT molecular complexity index is 433. The van der Waals surface area contributed by atoms with Gasteiger partial charge in [-0.15, -0.1) is 0 Å². The number of carbonyl (C=O) groups is 1. The molecule has 1 aromatic rings. The van der Waals surface area contributed by atoms with Crippen LogP contribution in [0.25, 0.3) is 0 Å². The normalized spacial score (nSPS) is 10.6. The highest BCUT2D eigenvalue weighted by atomic mass is 16.5. The number of nitrogens with two attached hydrogens (primary N) is 1. The van der Waals surface area contributed by atoms with Crippen LogP contribution in [0.5, 0.6) is 0 Å². The number of ether oxygens (including phenoxy) is 1. The molecule has 0 aliphatic rings. The Hall–Kier alpha value is -1.75. The van der Waals surface area contributed by atoms with Gasteiger partial charge in [-0.3, -0.25) is 0 Å². The Morgan fingerprint density at radius 1 is 1.26 bits per heavy atom. The van der Waals surface area contributed by atoms with E-state index in [0.717, 1.165) is 25.2 Å². The van der Waals surface area contributed by atoms with Crippen LogP contribution < -0.4 is 10.6 Å². The van der Waals surface area contributed by atoms with E-state index in [-0.39, 0.29) is 5.97 Å². The maximum atomic E-state index is 11.8. The minimum atomic E-state index is -0.359. The second-order valence-corrected chi connectivity index (χ2v) is 4.85. The van der Waals surface area contributed by atoms with Gasteiger partial charge < -0.3 is 20.3 Å². The van der Waals surface area contributed by atoms with E-state index in [9.17, 15) is 4.79 Å². The topological polar surface area (TPSA) is 58.8 Å². The molecule has 0 spiro atoms. The highest BCUT2D eigenvalue weighted by Crippen LogP contribution is 2.23. The molecule has 5 heteroatoms. The van der Waals surface area contributed by atoms with Crippen molar-refractivity contribution in [3.05, 3.63) is 23.8 Å². The average Bonchev–Trinajstić information content (AvgIpc) is 2.37. The van der Waals surface area contributed by atoms with Gasteiger partial charge in [-0.1, -0.05) is 0 Å². The summed E-state index contributed by atoms with van der Waals surface area (Å²) in [4.78, 5) is 15.9. The van der Waals surface area contributed by atoms with Gasteiger partial charge in [0.2, 0.25) is 0 Å². The van der Waals surface area contributed by atoms with Gasteiger partial charge in [-0.25, -0.2) is 4.79 Å². The molecule has 0 radical (unpaired) electrons. The molecule has 0 saturated heterocycles. The molecule has 0 aromatic heterocycles. The number of esters is 1. The summed E-state index contributed by atoms with van der Waals surface area (Å²) in [5.41, 5.74) is 7.64. The van der Waals surface area contributed by atoms with Crippen LogP contribution in [0.15, 0.2) is 18.2 Å². The van der Waals surface area contributed by atoms with Crippen LogP contribution in [0.1, 0.15) is 16.8 Å². The van der Waals surface area contributed by atoms with Crippen molar-refractivity contribution >= 4 is 17.3 Å². The van der Waals surface area contributed by atoms with Gasteiger partial charge in [0.1, 0.15) is 0 Å². The van der Waals surface area contributed by atoms with Crippen molar-refractivity contribution in [2.24, 2.45) is 0 Å². The van der Waals surface area contributed by atoms with E-state index in [1.165, 1.54) is 7.11 Å². The Balaban J connectivity index is 2.83. The molecule has 0 fully saturated rings. The van der Waals surface area contributed by atoms with Crippen molar-refractivity contribution < 1.29 is 9.53 Å². The van der Waals surface area contributed by atoms with Gasteiger partial charge in [0.25, 0.3) is 0 Å². The molecule has 0 bridgehead atoms. The Labute approximate surface area is 114 Å². The van der Waals surface area contributed by atoms with E-state index in [2.05, 4.69) is 9.80 Å². The average molecular weight is 265 g/mol. The quantitative estimate of drug-likeness (QED) is 0.623. The predicted octanol–water partition coefficient (Wildman–Crippen LogP) is 1.44. The zero-order chi connectivity index (χ0) is 14.4. The smallest absolute Gasteiger partial charge is 0.340 e. The zero-order valence-corrected chi connectivity index (χ0v) is 12.1. The second-order valence-electron chi connectivity index (χ2n) is 4.85. The fourth-order valence-corrected chi connectivity index (χ4v) is 1.90. The highest BCUT2D eigenvalue weighted by molar-refractivity contribution is 5.96. The zero-order valence-electron chi connectivity index (χ0n) is 12.1. The van der Waals surface area contributed by atoms with Crippen molar-refractivity contribution in [3.63, 3.8) is 0 Å². The lowest BCUT2D eigenvalue weighted by atomic mass is 10.1. The van der Waals surface area contributed by atoms with E-state index in [1.807, 2.05) is 27.2 Å². The van der Waals surface area contributed by atoms with E-state index in [1.54, 1.807) is 12.1 Å². The minimum Gasteiger partial charge on any atom is -0.465 e. The fraction of sp³-hybridized carbons (Fsp3) is 0.500. The molecule has 0 amide bonds. The summed E-state index contributed by atoms with van der Waals surface area (Å²) < 4.78 is 4.80. The van der Waals surface area contributed by atoms with E-state index < -0.39 is 0 Å². The first-order valence-electron chi connectivity index (χ1n) is 6.29. The van der Waals surface area contributed by atoms with Gasteiger partial charge in [-0.05, 0) is 45.3 Å². The first kappa shape index (κ1) is 15.3. The number of benzene rings is 1. The lowest BCUT2D eigenvalue weighted by Gasteiger charge is -2.22. The second kappa shape index (κ2) is 6.99.